The predicted molar refractivity (Wildman–Crippen MR) is 120 cm³/mol. The largest absolute Gasteiger partial charge is 0.494 e. The van der Waals surface area contributed by atoms with Crippen LogP contribution in [0, 0.1) is 5.92 Å². The number of ether oxygens (including phenoxy) is 2. The van der Waals surface area contributed by atoms with Crippen LogP contribution in [-0.2, 0) is 19.1 Å². The predicted octanol–water partition coefficient (Wildman–Crippen LogP) is 3.65. The summed E-state index contributed by atoms with van der Waals surface area (Å²) in [5, 5.41) is 2.74. The maximum Gasteiger partial charge on any atom is 0.306 e. The highest BCUT2D eigenvalue weighted by Gasteiger charge is 2.29. The molecule has 0 aliphatic rings. The van der Waals surface area contributed by atoms with E-state index in [1.807, 2.05) is 6.92 Å². The zero-order valence-corrected chi connectivity index (χ0v) is 18.4. The van der Waals surface area contributed by atoms with Gasteiger partial charge in [0, 0.05) is 17.9 Å². The van der Waals surface area contributed by atoms with Crippen LogP contribution in [0.5, 0.6) is 5.75 Å². The molecular formula is C23H22N2O6S. The molecule has 0 unspecified atom stereocenters. The van der Waals surface area contributed by atoms with Crippen molar-refractivity contribution in [2.75, 3.05) is 19.0 Å². The molecule has 1 amide bonds. The minimum Gasteiger partial charge on any atom is -0.494 e. The van der Waals surface area contributed by atoms with Crippen molar-refractivity contribution in [2.45, 2.75) is 19.8 Å². The summed E-state index contributed by atoms with van der Waals surface area (Å²) in [4.78, 5) is 53.9. The number of hydrogen-bond acceptors (Lipinski definition) is 8. The number of ketones is 2. The zero-order chi connectivity index (χ0) is 23.1. The molecule has 3 aromatic rings. The molecule has 0 spiro atoms. The van der Waals surface area contributed by atoms with Crippen molar-refractivity contribution < 1.29 is 28.7 Å². The number of fused-ring (bicyclic) bond motifs is 1. The van der Waals surface area contributed by atoms with Gasteiger partial charge in [-0.3, -0.25) is 24.5 Å². The molecule has 0 radical (unpaired) electrons. The Hall–Kier alpha value is -3.59. The van der Waals surface area contributed by atoms with Crippen LogP contribution in [-0.4, -0.2) is 42.1 Å². The van der Waals surface area contributed by atoms with Crippen LogP contribution in [0.1, 0.15) is 30.1 Å². The lowest BCUT2D eigenvalue weighted by molar-refractivity contribution is -0.142. The van der Waals surface area contributed by atoms with Gasteiger partial charge in [-0.15, -0.1) is 0 Å². The zero-order valence-electron chi connectivity index (χ0n) is 17.6. The number of esters is 1. The molecule has 32 heavy (non-hydrogen) atoms. The van der Waals surface area contributed by atoms with Gasteiger partial charge in [0.05, 0.1) is 30.4 Å². The average Bonchev–Trinajstić information content (AvgIpc) is 3.20. The molecule has 0 aliphatic carbocycles. The fourth-order valence-electron chi connectivity index (χ4n) is 3.08. The fraction of sp³-hybridized carbons (Fsp3) is 0.261. The van der Waals surface area contributed by atoms with Gasteiger partial charge in [-0.1, -0.05) is 41.7 Å². The molecule has 3 rings (SSSR count). The maximum absolute atomic E-state index is 12.8. The van der Waals surface area contributed by atoms with Crippen molar-refractivity contribution in [2.24, 2.45) is 5.92 Å². The van der Waals surface area contributed by atoms with Crippen molar-refractivity contribution in [3.8, 4) is 5.75 Å². The number of nitrogens with one attached hydrogen (secondary N) is 1. The lowest BCUT2D eigenvalue weighted by Gasteiger charge is -2.14. The molecule has 0 saturated heterocycles. The molecule has 1 N–H and O–H groups in total. The highest BCUT2D eigenvalue weighted by molar-refractivity contribution is 7.22. The Morgan fingerprint density at radius 2 is 1.81 bits per heavy atom. The first-order chi connectivity index (χ1) is 15.4. The van der Waals surface area contributed by atoms with E-state index >= 15 is 0 Å². The Morgan fingerprint density at radius 1 is 1.06 bits per heavy atom. The number of methoxy groups -OCH3 is 1. The Bertz CT molecular complexity index is 1140. The second kappa shape index (κ2) is 10.6. The first-order valence-corrected chi connectivity index (χ1v) is 10.8. The number of benzene rings is 2. The van der Waals surface area contributed by atoms with E-state index in [0.717, 1.165) is 4.70 Å². The maximum atomic E-state index is 12.8. The number of thiazole rings is 1. The summed E-state index contributed by atoms with van der Waals surface area (Å²) < 4.78 is 10.9. The summed E-state index contributed by atoms with van der Waals surface area (Å²) >= 11 is 1.20. The van der Waals surface area contributed by atoms with E-state index in [1.165, 1.54) is 18.4 Å². The fourth-order valence-corrected chi connectivity index (χ4v) is 3.97. The molecule has 0 fully saturated rings. The second-order valence-corrected chi connectivity index (χ2v) is 7.90. The van der Waals surface area contributed by atoms with E-state index in [2.05, 4.69) is 15.0 Å². The lowest BCUT2D eigenvalue weighted by atomic mass is 9.90. The molecular weight excluding hydrogens is 432 g/mol. The van der Waals surface area contributed by atoms with Gasteiger partial charge in [0.15, 0.2) is 10.9 Å². The van der Waals surface area contributed by atoms with Gasteiger partial charge in [0.2, 0.25) is 5.78 Å². The van der Waals surface area contributed by atoms with Crippen LogP contribution < -0.4 is 10.1 Å². The molecule has 1 heterocycles. The first kappa shape index (κ1) is 23.1. The van der Waals surface area contributed by atoms with Gasteiger partial charge in [0.1, 0.15) is 5.75 Å². The number of carbonyl (C=O) groups is 4. The van der Waals surface area contributed by atoms with E-state index in [0.29, 0.717) is 23.4 Å². The van der Waals surface area contributed by atoms with Crippen molar-refractivity contribution in [3.05, 3.63) is 54.1 Å². The summed E-state index contributed by atoms with van der Waals surface area (Å²) in [7, 11) is 1.20. The van der Waals surface area contributed by atoms with E-state index in [1.54, 1.807) is 48.5 Å². The molecule has 1 atom stereocenters. The number of carbonyl (C=O) groups excluding carboxylic acids is 4. The third-order valence-corrected chi connectivity index (χ3v) is 5.58. The second-order valence-electron chi connectivity index (χ2n) is 6.87. The topological polar surface area (TPSA) is 112 Å². The third kappa shape index (κ3) is 5.76. The molecule has 2 aromatic carbocycles. The minimum absolute atomic E-state index is 0.255. The number of hydrogen-bond donors (Lipinski definition) is 1. The average molecular weight is 455 g/mol. The number of Topliss-reactive ketones (excluding diaryl/α,β-unsaturated/α-hetero) is 2. The van der Waals surface area contributed by atoms with Crippen LogP contribution >= 0.6 is 11.3 Å². The summed E-state index contributed by atoms with van der Waals surface area (Å²) in [6, 6.07) is 13.6. The number of nitrogens with zero attached hydrogens (tertiary/aromatic N) is 1. The molecule has 9 heteroatoms. The molecule has 0 bridgehead atoms. The Labute approximate surface area is 188 Å². The highest BCUT2D eigenvalue weighted by Crippen LogP contribution is 2.29. The third-order valence-electron chi connectivity index (χ3n) is 4.65. The van der Waals surface area contributed by atoms with Gasteiger partial charge in [-0.2, -0.15) is 0 Å². The van der Waals surface area contributed by atoms with Crippen LogP contribution in [0.4, 0.5) is 5.13 Å². The molecule has 8 nitrogen and oxygen atoms in total. The number of amides is 1. The van der Waals surface area contributed by atoms with Gasteiger partial charge < -0.3 is 9.47 Å². The highest BCUT2D eigenvalue weighted by atomic mass is 32.1. The standard InChI is InChI=1S/C23H22N2O6S/c1-3-31-16-9-10-17-19(13-16)32-23(24-17)25-22(29)18(26)11-15(12-20(27)30-2)21(28)14-7-5-4-6-8-14/h4-10,13,15H,3,11-12H2,1-2H3,(H,24,25,29)/t15-/m1/s1. The van der Waals surface area contributed by atoms with Crippen LogP contribution in [0.3, 0.4) is 0 Å². The Morgan fingerprint density at radius 3 is 2.50 bits per heavy atom. The number of aromatic nitrogens is 1. The van der Waals surface area contributed by atoms with Gasteiger partial charge in [-0.25, -0.2) is 4.98 Å². The van der Waals surface area contributed by atoms with Gasteiger partial charge in [0.25, 0.3) is 5.91 Å². The van der Waals surface area contributed by atoms with E-state index in [9.17, 15) is 19.2 Å². The van der Waals surface area contributed by atoms with Crippen molar-refractivity contribution in [1.29, 1.82) is 0 Å². The van der Waals surface area contributed by atoms with Crippen molar-refractivity contribution in [1.82, 2.24) is 4.98 Å². The van der Waals surface area contributed by atoms with E-state index in [4.69, 9.17) is 4.74 Å². The lowest BCUT2D eigenvalue weighted by Crippen LogP contribution is -2.29. The monoisotopic (exact) mass is 454 g/mol. The summed E-state index contributed by atoms with van der Waals surface area (Å²) in [6.45, 7) is 2.40. The van der Waals surface area contributed by atoms with E-state index in [-0.39, 0.29) is 11.6 Å². The molecule has 0 aliphatic heterocycles. The van der Waals surface area contributed by atoms with Gasteiger partial charge >= 0.3 is 5.97 Å². The van der Waals surface area contributed by atoms with Crippen molar-refractivity contribution >= 4 is 50.1 Å². The SMILES string of the molecule is CCOc1ccc2nc(NC(=O)C(=O)C[C@H](CC(=O)OC)C(=O)c3ccccc3)sc2c1. The quantitative estimate of drug-likeness (QED) is 0.283. The summed E-state index contributed by atoms with van der Waals surface area (Å²) in [6.07, 6.45) is -0.724. The van der Waals surface area contributed by atoms with Crippen LogP contribution in [0.2, 0.25) is 0 Å². The van der Waals surface area contributed by atoms with Crippen molar-refractivity contribution in [3.63, 3.8) is 0 Å². The molecule has 1 aromatic heterocycles. The van der Waals surface area contributed by atoms with Gasteiger partial charge in [-0.05, 0) is 25.1 Å². The Balaban J connectivity index is 1.71. The number of anilines is 1. The number of rotatable bonds is 10. The molecule has 0 saturated carbocycles. The van der Waals surface area contributed by atoms with Crippen LogP contribution in [0.25, 0.3) is 10.2 Å². The van der Waals surface area contributed by atoms with Crippen LogP contribution in [0.15, 0.2) is 48.5 Å². The first-order valence-electron chi connectivity index (χ1n) is 9.95. The summed E-state index contributed by atoms with van der Waals surface area (Å²) in [5.41, 5.74) is 1.01. The molecule has 166 valence electrons. The summed E-state index contributed by atoms with van der Waals surface area (Å²) in [5.74, 6) is -3.08. The normalized spacial score (nSPS) is 11.6. The minimum atomic E-state index is -1.01. The van der Waals surface area contributed by atoms with E-state index < -0.39 is 35.8 Å². The Kier molecular flexibility index (Phi) is 7.67. The smallest absolute Gasteiger partial charge is 0.306 e.